The van der Waals surface area contributed by atoms with E-state index in [9.17, 15) is 14.7 Å². The molecule has 2 fully saturated rings. The summed E-state index contributed by atoms with van der Waals surface area (Å²) in [5, 5.41) is 23.1. The van der Waals surface area contributed by atoms with Crippen LogP contribution in [0.5, 0.6) is 0 Å². The molecule has 2 aliphatic carbocycles. The Bertz CT molecular complexity index is 1020. The summed E-state index contributed by atoms with van der Waals surface area (Å²) in [5.41, 5.74) is 2.95. The highest BCUT2D eigenvalue weighted by molar-refractivity contribution is 6.20. The molecule has 0 radical (unpaired) electrons. The Kier molecular flexibility index (Phi) is 8.06. The lowest BCUT2D eigenvalue weighted by Gasteiger charge is -2.33. The minimum atomic E-state index is -0.736. The highest BCUT2D eigenvalue weighted by Gasteiger charge is 2.37. The van der Waals surface area contributed by atoms with Gasteiger partial charge in [0.25, 0.3) is 5.91 Å². The van der Waals surface area contributed by atoms with Crippen LogP contribution in [-0.2, 0) is 19.7 Å². The van der Waals surface area contributed by atoms with E-state index in [-0.39, 0.29) is 28.5 Å². The molecule has 1 atom stereocenters. The molecule has 4 rings (SSSR count). The predicted octanol–water partition coefficient (Wildman–Crippen LogP) is 5.03. The lowest BCUT2D eigenvalue weighted by molar-refractivity contribution is -0.125. The maximum atomic E-state index is 13.5. The molecule has 7 nitrogen and oxygen atoms in total. The SMILES string of the molecule is CC(=N)/C(=C\O)C(=O)NC(C(=O)Nc1ccc2c(c1)C=CC21CCOCC1)C1CCCCCCC1. The van der Waals surface area contributed by atoms with Crippen molar-refractivity contribution in [1.82, 2.24) is 5.32 Å². The number of allylic oxidation sites excluding steroid dienone is 1. The first kappa shape index (κ1) is 25.2. The van der Waals surface area contributed by atoms with E-state index in [1.165, 1.54) is 18.9 Å². The van der Waals surface area contributed by atoms with Crippen LogP contribution in [0.15, 0.2) is 36.1 Å². The van der Waals surface area contributed by atoms with Gasteiger partial charge in [-0.2, -0.15) is 0 Å². The Morgan fingerprint density at radius 3 is 2.49 bits per heavy atom. The molecule has 2 amide bonds. The quantitative estimate of drug-likeness (QED) is 0.261. The molecule has 0 bridgehead atoms. The molecule has 35 heavy (non-hydrogen) atoms. The van der Waals surface area contributed by atoms with Gasteiger partial charge < -0.3 is 25.9 Å². The fourth-order valence-electron chi connectivity index (χ4n) is 5.73. The number of anilines is 1. The summed E-state index contributed by atoms with van der Waals surface area (Å²) in [4.78, 5) is 26.4. The van der Waals surface area contributed by atoms with E-state index in [0.29, 0.717) is 11.9 Å². The number of hydrogen-bond acceptors (Lipinski definition) is 5. The molecule has 1 aliphatic heterocycles. The topological polar surface area (TPSA) is 112 Å². The first-order chi connectivity index (χ1) is 16.9. The molecule has 1 aromatic carbocycles. The number of rotatable bonds is 6. The first-order valence-corrected chi connectivity index (χ1v) is 12.9. The zero-order chi connectivity index (χ0) is 24.8. The van der Waals surface area contributed by atoms with Gasteiger partial charge in [0.1, 0.15) is 6.04 Å². The minimum Gasteiger partial charge on any atom is -0.515 e. The summed E-state index contributed by atoms with van der Waals surface area (Å²) in [5.74, 6) is -0.850. The van der Waals surface area contributed by atoms with Crippen LogP contribution in [0.25, 0.3) is 6.08 Å². The van der Waals surface area contributed by atoms with Gasteiger partial charge in [0.05, 0.1) is 11.8 Å². The Morgan fingerprint density at radius 2 is 1.83 bits per heavy atom. The van der Waals surface area contributed by atoms with Crippen LogP contribution >= 0.6 is 0 Å². The van der Waals surface area contributed by atoms with Crippen molar-refractivity contribution < 1.29 is 19.4 Å². The van der Waals surface area contributed by atoms with E-state index in [2.05, 4.69) is 28.9 Å². The van der Waals surface area contributed by atoms with Crippen molar-refractivity contribution >= 4 is 29.3 Å². The number of fused-ring (bicyclic) bond motifs is 2. The maximum Gasteiger partial charge on any atom is 0.256 e. The third-order valence-corrected chi connectivity index (χ3v) is 7.79. The molecule has 1 unspecified atom stereocenters. The largest absolute Gasteiger partial charge is 0.515 e. The second-order valence-corrected chi connectivity index (χ2v) is 10.1. The fraction of sp³-hybridized carbons (Fsp3) is 0.536. The fourth-order valence-corrected chi connectivity index (χ4v) is 5.73. The number of carbonyl (C=O) groups excluding carboxylic acids is 2. The monoisotopic (exact) mass is 479 g/mol. The third-order valence-electron chi connectivity index (χ3n) is 7.79. The molecule has 1 saturated carbocycles. The van der Waals surface area contributed by atoms with Gasteiger partial charge in [-0.25, -0.2) is 0 Å². The second-order valence-electron chi connectivity index (χ2n) is 10.1. The highest BCUT2D eigenvalue weighted by Crippen LogP contribution is 2.44. The lowest BCUT2D eigenvalue weighted by atomic mass is 9.76. The van der Waals surface area contributed by atoms with Gasteiger partial charge in [0.15, 0.2) is 0 Å². The summed E-state index contributed by atoms with van der Waals surface area (Å²) in [7, 11) is 0. The summed E-state index contributed by atoms with van der Waals surface area (Å²) in [6.45, 7) is 2.95. The summed E-state index contributed by atoms with van der Waals surface area (Å²) < 4.78 is 5.56. The van der Waals surface area contributed by atoms with Gasteiger partial charge in [-0.05, 0) is 61.8 Å². The van der Waals surface area contributed by atoms with Crippen LogP contribution in [0.2, 0.25) is 0 Å². The molecular formula is C28H37N3O4. The zero-order valence-corrected chi connectivity index (χ0v) is 20.6. The van der Waals surface area contributed by atoms with Crippen molar-refractivity contribution in [2.24, 2.45) is 5.92 Å². The number of hydrogen-bond donors (Lipinski definition) is 4. The van der Waals surface area contributed by atoms with Crippen molar-refractivity contribution in [2.45, 2.75) is 76.2 Å². The van der Waals surface area contributed by atoms with Crippen LogP contribution in [-0.4, -0.2) is 41.9 Å². The van der Waals surface area contributed by atoms with Gasteiger partial charge in [-0.3, -0.25) is 9.59 Å². The van der Waals surface area contributed by atoms with Crippen LogP contribution in [0, 0.1) is 11.3 Å². The molecule has 3 aliphatic rings. The van der Waals surface area contributed by atoms with E-state index in [0.717, 1.165) is 70.1 Å². The number of carbonyl (C=O) groups is 2. The zero-order valence-electron chi connectivity index (χ0n) is 20.6. The lowest BCUT2D eigenvalue weighted by Crippen LogP contribution is -2.49. The molecule has 188 valence electrons. The van der Waals surface area contributed by atoms with Crippen molar-refractivity contribution in [1.29, 1.82) is 5.41 Å². The number of aliphatic hydroxyl groups excluding tert-OH is 1. The maximum absolute atomic E-state index is 13.5. The standard InChI is InChI=1S/C28H37N3O4/c1-19(29)23(18-32)26(33)31-25(20-7-5-3-2-4-6-8-20)27(34)30-22-9-10-24-21(17-22)11-12-28(24)13-15-35-16-14-28/h9-12,17-18,20,25,29,32H,2-8,13-16H2,1H3,(H,30,34)(H,31,33)/b23-18+,29-19?. The second kappa shape index (κ2) is 11.2. The van der Waals surface area contributed by atoms with Crippen LogP contribution in [0.3, 0.4) is 0 Å². The first-order valence-electron chi connectivity index (χ1n) is 12.9. The van der Waals surface area contributed by atoms with Crippen molar-refractivity contribution in [3.63, 3.8) is 0 Å². The smallest absolute Gasteiger partial charge is 0.256 e. The molecule has 1 saturated heterocycles. The average molecular weight is 480 g/mol. The molecule has 0 aromatic heterocycles. The third kappa shape index (κ3) is 5.67. The van der Waals surface area contributed by atoms with Crippen LogP contribution in [0.1, 0.15) is 75.8 Å². The van der Waals surface area contributed by atoms with Crippen molar-refractivity contribution in [3.05, 3.63) is 47.2 Å². The molecular weight excluding hydrogens is 442 g/mol. The van der Waals surface area contributed by atoms with Gasteiger partial charge >= 0.3 is 0 Å². The number of amides is 2. The van der Waals surface area contributed by atoms with Gasteiger partial charge in [0, 0.05) is 30.0 Å². The number of nitrogens with one attached hydrogen (secondary N) is 3. The summed E-state index contributed by atoms with van der Waals surface area (Å²) in [6.07, 6.45) is 14.2. The molecule has 1 heterocycles. The van der Waals surface area contributed by atoms with E-state index < -0.39 is 11.9 Å². The van der Waals surface area contributed by atoms with E-state index in [1.807, 2.05) is 12.1 Å². The van der Waals surface area contributed by atoms with Crippen LogP contribution in [0.4, 0.5) is 5.69 Å². The van der Waals surface area contributed by atoms with Crippen molar-refractivity contribution in [3.8, 4) is 0 Å². The number of ether oxygens (including phenoxy) is 1. The van der Waals surface area contributed by atoms with Crippen LogP contribution < -0.4 is 10.6 Å². The van der Waals surface area contributed by atoms with Gasteiger partial charge in [-0.15, -0.1) is 0 Å². The Labute approximate surface area is 207 Å². The summed E-state index contributed by atoms with van der Waals surface area (Å²) in [6, 6.07) is 5.32. The Balaban J connectivity index is 1.53. The molecule has 4 N–H and O–H groups in total. The minimum absolute atomic E-state index is 0.00469. The molecule has 1 spiro atoms. The number of benzene rings is 1. The highest BCUT2D eigenvalue weighted by atomic mass is 16.5. The van der Waals surface area contributed by atoms with Gasteiger partial charge in [-0.1, -0.05) is 50.3 Å². The molecule has 7 heteroatoms. The van der Waals surface area contributed by atoms with Crippen molar-refractivity contribution in [2.75, 3.05) is 18.5 Å². The molecule has 1 aromatic rings. The van der Waals surface area contributed by atoms with E-state index in [4.69, 9.17) is 10.1 Å². The normalized spacial score (nSPS) is 21.0. The Morgan fingerprint density at radius 1 is 1.14 bits per heavy atom. The Hall–Kier alpha value is -2.93. The van der Waals surface area contributed by atoms with E-state index in [1.54, 1.807) is 0 Å². The average Bonchev–Trinajstić information content (AvgIpc) is 3.15. The van der Waals surface area contributed by atoms with Gasteiger partial charge in [0.2, 0.25) is 5.91 Å². The number of aliphatic hydroxyl groups is 1. The predicted molar refractivity (Wildman–Crippen MR) is 138 cm³/mol. The van der Waals surface area contributed by atoms with E-state index >= 15 is 0 Å². The summed E-state index contributed by atoms with van der Waals surface area (Å²) >= 11 is 0.